The summed E-state index contributed by atoms with van der Waals surface area (Å²) in [6.07, 6.45) is 1.92. The van der Waals surface area contributed by atoms with E-state index in [-0.39, 0.29) is 24.9 Å². The highest BCUT2D eigenvalue weighted by atomic mass is 16.7. The maximum absolute atomic E-state index is 12.4. The third-order valence-corrected chi connectivity index (χ3v) is 4.38. The number of anilines is 2. The Labute approximate surface area is 151 Å². The van der Waals surface area contributed by atoms with Crippen LogP contribution >= 0.6 is 0 Å². The van der Waals surface area contributed by atoms with Gasteiger partial charge in [0.15, 0.2) is 11.5 Å². The summed E-state index contributed by atoms with van der Waals surface area (Å²) in [6.45, 7) is 5.89. The standard InChI is InChI=1S/C19H21N3O4/c1-12-9-22(10-13(2)26-12)18-6-3-14(8-20-18)19(23)21-15-4-5-16-17(7-15)25-11-24-16/h3-8,12-13H,9-11H2,1-2H3,(H,21,23)/t12-,13-/m1/s1. The van der Waals surface area contributed by atoms with Gasteiger partial charge in [0.05, 0.1) is 17.8 Å². The van der Waals surface area contributed by atoms with Gasteiger partial charge in [0, 0.05) is 31.0 Å². The first-order valence-corrected chi connectivity index (χ1v) is 8.66. The molecule has 7 nitrogen and oxygen atoms in total. The molecule has 2 aromatic rings. The number of ether oxygens (including phenoxy) is 3. The van der Waals surface area contributed by atoms with Crippen LogP contribution in [-0.2, 0) is 4.74 Å². The van der Waals surface area contributed by atoms with E-state index in [2.05, 4.69) is 29.0 Å². The molecule has 2 aliphatic heterocycles. The van der Waals surface area contributed by atoms with E-state index in [0.717, 1.165) is 18.9 Å². The van der Waals surface area contributed by atoms with Gasteiger partial charge in [-0.1, -0.05) is 0 Å². The predicted molar refractivity (Wildman–Crippen MR) is 97.0 cm³/mol. The van der Waals surface area contributed by atoms with E-state index in [1.807, 2.05) is 6.07 Å². The summed E-state index contributed by atoms with van der Waals surface area (Å²) >= 11 is 0. The molecule has 3 heterocycles. The second-order valence-electron chi connectivity index (χ2n) is 6.59. The highest BCUT2D eigenvalue weighted by Gasteiger charge is 2.23. The molecule has 1 aromatic carbocycles. The van der Waals surface area contributed by atoms with Crippen LogP contribution in [0.5, 0.6) is 11.5 Å². The minimum absolute atomic E-state index is 0.162. The van der Waals surface area contributed by atoms with Crippen molar-refractivity contribution in [3.8, 4) is 11.5 Å². The molecule has 0 bridgehead atoms. The summed E-state index contributed by atoms with van der Waals surface area (Å²) in [5, 5.41) is 2.85. The number of nitrogens with one attached hydrogen (secondary N) is 1. The molecule has 1 N–H and O–H groups in total. The molecule has 0 aliphatic carbocycles. The average Bonchev–Trinajstić information content (AvgIpc) is 3.09. The zero-order valence-electron chi connectivity index (χ0n) is 14.8. The van der Waals surface area contributed by atoms with E-state index in [1.165, 1.54) is 0 Å². The molecule has 4 rings (SSSR count). The Morgan fingerprint density at radius 1 is 1.12 bits per heavy atom. The molecule has 2 atom stereocenters. The fraction of sp³-hybridized carbons (Fsp3) is 0.368. The highest BCUT2D eigenvalue weighted by molar-refractivity contribution is 6.04. The van der Waals surface area contributed by atoms with Gasteiger partial charge in [-0.15, -0.1) is 0 Å². The topological polar surface area (TPSA) is 72.9 Å². The number of benzene rings is 1. The lowest BCUT2D eigenvalue weighted by atomic mass is 10.2. The largest absolute Gasteiger partial charge is 0.454 e. The molecule has 1 aromatic heterocycles. The normalized spacial score (nSPS) is 21.5. The van der Waals surface area contributed by atoms with Gasteiger partial charge < -0.3 is 24.4 Å². The summed E-state index contributed by atoms with van der Waals surface area (Å²) in [6, 6.07) is 8.97. The molecule has 2 aliphatic rings. The molecule has 0 radical (unpaired) electrons. The zero-order chi connectivity index (χ0) is 18.1. The minimum atomic E-state index is -0.216. The average molecular weight is 355 g/mol. The Hall–Kier alpha value is -2.80. The molecule has 1 amide bonds. The summed E-state index contributed by atoms with van der Waals surface area (Å²) < 4.78 is 16.3. The summed E-state index contributed by atoms with van der Waals surface area (Å²) in [4.78, 5) is 19.1. The smallest absolute Gasteiger partial charge is 0.257 e. The number of rotatable bonds is 3. The van der Waals surface area contributed by atoms with Crippen molar-refractivity contribution in [2.24, 2.45) is 0 Å². The lowest BCUT2D eigenvalue weighted by Crippen LogP contribution is -2.45. The monoisotopic (exact) mass is 355 g/mol. The Bertz CT molecular complexity index is 799. The lowest BCUT2D eigenvalue weighted by Gasteiger charge is -2.36. The number of hydrogen-bond donors (Lipinski definition) is 1. The lowest BCUT2D eigenvalue weighted by molar-refractivity contribution is -0.00546. The molecule has 0 unspecified atom stereocenters. The van der Waals surface area contributed by atoms with E-state index >= 15 is 0 Å². The quantitative estimate of drug-likeness (QED) is 0.913. The van der Waals surface area contributed by atoms with Crippen molar-refractivity contribution in [1.82, 2.24) is 4.98 Å². The van der Waals surface area contributed by atoms with E-state index in [4.69, 9.17) is 14.2 Å². The van der Waals surface area contributed by atoms with Gasteiger partial charge in [-0.25, -0.2) is 4.98 Å². The van der Waals surface area contributed by atoms with Crippen molar-refractivity contribution in [2.45, 2.75) is 26.1 Å². The van der Waals surface area contributed by atoms with Crippen molar-refractivity contribution in [2.75, 3.05) is 30.1 Å². The molecule has 1 fully saturated rings. The molecular weight excluding hydrogens is 334 g/mol. The van der Waals surface area contributed by atoms with Gasteiger partial charge in [0.2, 0.25) is 6.79 Å². The third-order valence-electron chi connectivity index (χ3n) is 4.38. The molecule has 0 spiro atoms. The van der Waals surface area contributed by atoms with Gasteiger partial charge in [0.1, 0.15) is 5.82 Å². The van der Waals surface area contributed by atoms with Crippen molar-refractivity contribution < 1.29 is 19.0 Å². The van der Waals surface area contributed by atoms with Crippen molar-refractivity contribution in [1.29, 1.82) is 0 Å². The van der Waals surface area contributed by atoms with Gasteiger partial charge in [0.25, 0.3) is 5.91 Å². The number of nitrogens with zero attached hydrogens (tertiary/aromatic N) is 2. The van der Waals surface area contributed by atoms with Gasteiger partial charge in [-0.2, -0.15) is 0 Å². The Kier molecular flexibility index (Phi) is 4.38. The van der Waals surface area contributed by atoms with E-state index in [1.54, 1.807) is 30.5 Å². The fourth-order valence-electron chi connectivity index (χ4n) is 3.25. The number of fused-ring (bicyclic) bond motifs is 1. The first kappa shape index (κ1) is 16.7. The molecule has 7 heteroatoms. The molecule has 26 heavy (non-hydrogen) atoms. The maximum atomic E-state index is 12.4. The second-order valence-corrected chi connectivity index (χ2v) is 6.59. The third kappa shape index (κ3) is 3.43. The predicted octanol–water partition coefficient (Wildman–Crippen LogP) is 2.68. The molecular formula is C19H21N3O4. The van der Waals surface area contributed by atoms with Crippen LogP contribution in [0.4, 0.5) is 11.5 Å². The van der Waals surface area contributed by atoms with Gasteiger partial charge >= 0.3 is 0 Å². The highest BCUT2D eigenvalue weighted by Crippen LogP contribution is 2.34. The second kappa shape index (κ2) is 6.84. The Morgan fingerprint density at radius 3 is 2.62 bits per heavy atom. The van der Waals surface area contributed by atoms with Crippen molar-refractivity contribution >= 4 is 17.4 Å². The molecule has 136 valence electrons. The number of morpholine rings is 1. The van der Waals surface area contributed by atoms with E-state index < -0.39 is 0 Å². The number of pyridine rings is 1. The van der Waals surface area contributed by atoms with Crippen LogP contribution < -0.4 is 19.7 Å². The van der Waals surface area contributed by atoms with Crippen LogP contribution in [0.25, 0.3) is 0 Å². The van der Waals surface area contributed by atoms with Crippen molar-refractivity contribution in [3.05, 3.63) is 42.1 Å². The van der Waals surface area contributed by atoms with Crippen molar-refractivity contribution in [3.63, 3.8) is 0 Å². The van der Waals surface area contributed by atoms with Crippen LogP contribution in [-0.4, -0.2) is 43.0 Å². The van der Waals surface area contributed by atoms with Crippen LogP contribution in [0.15, 0.2) is 36.5 Å². The zero-order valence-corrected chi connectivity index (χ0v) is 14.8. The molecule has 1 saturated heterocycles. The number of carbonyl (C=O) groups is 1. The molecule has 0 saturated carbocycles. The van der Waals surface area contributed by atoms with Gasteiger partial charge in [-0.05, 0) is 38.1 Å². The summed E-state index contributed by atoms with van der Waals surface area (Å²) in [5.74, 6) is 1.95. The van der Waals surface area contributed by atoms with Crippen LogP contribution in [0.1, 0.15) is 24.2 Å². The Morgan fingerprint density at radius 2 is 1.88 bits per heavy atom. The summed E-state index contributed by atoms with van der Waals surface area (Å²) in [7, 11) is 0. The number of hydrogen-bond acceptors (Lipinski definition) is 6. The van der Waals surface area contributed by atoms with E-state index in [0.29, 0.717) is 22.7 Å². The first-order chi connectivity index (χ1) is 12.6. The van der Waals surface area contributed by atoms with Crippen LogP contribution in [0, 0.1) is 0 Å². The Balaban J connectivity index is 1.44. The number of aromatic nitrogens is 1. The summed E-state index contributed by atoms with van der Waals surface area (Å²) in [5.41, 5.74) is 1.15. The van der Waals surface area contributed by atoms with E-state index in [9.17, 15) is 4.79 Å². The maximum Gasteiger partial charge on any atom is 0.257 e. The van der Waals surface area contributed by atoms with Crippen LogP contribution in [0.2, 0.25) is 0 Å². The van der Waals surface area contributed by atoms with Crippen LogP contribution in [0.3, 0.4) is 0 Å². The minimum Gasteiger partial charge on any atom is -0.454 e. The van der Waals surface area contributed by atoms with Gasteiger partial charge in [-0.3, -0.25) is 4.79 Å². The number of carbonyl (C=O) groups excluding carboxylic acids is 1. The first-order valence-electron chi connectivity index (χ1n) is 8.66. The number of amides is 1. The SMILES string of the molecule is C[C@@H]1CN(c2ccc(C(=O)Nc3ccc4c(c3)OCO4)cn2)C[C@@H](C)O1. The fourth-order valence-corrected chi connectivity index (χ4v) is 3.25.